The van der Waals surface area contributed by atoms with Crippen LogP contribution < -0.4 is 15.6 Å². The zero-order chi connectivity index (χ0) is 29.7. The summed E-state index contributed by atoms with van der Waals surface area (Å²) >= 11 is 12.1. The van der Waals surface area contributed by atoms with Crippen molar-refractivity contribution in [1.29, 1.82) is 0 Å². The van der Waals surface area contributed by atoms with Crippen LogP contribution in [0.1, 0.15) is 22.5 Å². The Morgan fingerprint density at radius 2 is 1.75 bits per heavy atom. The topological polar surface area (TPSA) is 123 Å². The largest absolute Gasteiger partial charge is 0.416 e. The number of halogens is 5. The number of piperazine rings is 1. The maximum absolute atomic E-state index is 13.0. The van der Waals surface area contributed by atoms with E-state index < -0.39 is 27.8 Å². The van der Waals surface area contributed by atoms with Crippen molar-refractivity contribution in [1.82, 2.24) is 15.2 Å². The summed E-state index contributed by atoms with van der Waals surface area (Å²) < 4.78 is 64.8. The second-order valence-corrected chi connectivity index (χ2v) is 11.4. The number of anilines is 1. The number of aromatic nitrogens is 1. The molecule has 2 heterocycles. The van der Waals surface area contributed by atoms with E-state index in [2.05, 4.69) is 15.2 Å². The predicted molar refractivity (Wildman–Crippen MR) is 149 cm³/mol. The van der Waals surface area contributed by atoms with Crippen molar-refractivity contribution in [3.05, 3.63) is 74.0 Å². The molecular formula is C25H27Cl2F3N4O5S. The summed E-state index contributed by atoms with van der Waals surface area (Å²) in [7, 11) is -3.67. The van der Waals surface area contributed by atoms with Crippen LogP contribution in [0.5, 0.6) is 0 Å². The summed E-state index contributed by atoms with van der Waals surface area (Å²) in [6.07, 6.45) is -2.96. The Balaban J connectivity index is 0.000000810. The Hall–Kier alpha value is -2.84. The Bertz CT molecular complexity index is 1520. The van der Waals surface area contributed by atoms with E-state index in [9.17, 15) is 31.2 Å². The molecule has 15 heteroatoms. The fraction of sp³-hybridized carbons (Fsp3) is 0.360. The highest BCUT2D eigenvalue weighted by molar-refractivity contribution is 7.85. The lowest BCUT2D eigenvalue weighted by Gasteiger charge is -2.36. The molecule has 1 aromatic heterocycles. The number of carbonyl (C=O) groups excluding carboxylic acids is 1. The van der Waals surface area contributed by atoms with Crippen molar-refractivity contribution in [3.63, 3.8) is 0 Å². The Morgan fingerprint density at radius 3 is 2.38 bits per heavy atom. The van der Waals surface area contributed by atoms with Crippen LogP contribution in [0, 0.1) is 0 Å². The highest BCUT2D eigenvalue weighted by Gasteiger charge is 2.31. The van der Waals surface area contributed by atoms with Gasteiger partial charge in [0, 0.05) is 49.5 Å². The second kappa shape index (κ2) is 13.2. The molecule has 0 radical (unpaired) electrons. The monoisotopic (exact) mass is 622 g/mol. The minimum Gasteiger partial charge on any atom is -0.369 e. The summed E-state index contributed by atoms with van der Waals surface area (Å²) in [5, 5.41) is 3.64. The molecular weight excluding hydrogens is 596 g/mol. The molecule has 3 aromatic rings. The summed E-state index contributed by atoms with van der Waals surface area (Å²) in [5.74, 6) is -0.408. The molecule has 0 saturated carbocycles. The first kappa shape index (κ1) is 31.7. The SMILES string of the molecule is CS(=O)(=O)O.O=C(NCCCN1CCN(c2cccc(C(F)(F)F)c2)CC1)c1cc(=O)c2c(Cl)cc(Cl)cc2[nH]1. The summed E-state index contributed by atoms with van der Waals surface area (Å²) in [6, 6.07) is 9.61. The third-order valence-corrected chi connectivity index (χ3v) is 6.45. The predicted octanol–water partition coefficient (Wildman–Crippen LogP) is 4.30. The lowest BCUT2D eigenvalue weighted by molar-refractivity contribution is -0.137. The van der Waals surface area contributed by atoms with Crippen LogP contribution in [0.25, 0.3) is 10.9 Å². The van der Waals surface area contributed by atoms with Crippen molar-refractivity contribution in [2.24, 2.45) is 0 Å². The van der Waals surface area contributed by atoms with Gasteiger partial charge in [-0.15, -0.1) is 0 Å². The number of fused-ring (bicyclic) bond motifs is 1. The minimum absolute atomic E-state index is 0.121. The molecule has 4 rings (SSSR count). The first-order valence-electron chi connectivity index (χ1n) is 12.0. The molecule has 1 saturated heterocycles. The van der Waals surface area contributed by atoms with Crippen LogP contribution in [0.2, 0.25) is 10.0 Å². The number of amides is 1. The van der Waals surface area contributed by atoms with E-state index in [1.165, 1.54) is 24.3 Å². The van der Waals surface area contributed by atoms with E-state index in [1.807, 2.05) is 4.90 Å². The molecule has 0 bridgehead atoms. The molecule has 218 valence electrons. The van der Waals surface area contributed by atoms with Crippen molar-refractivity contribution in [3.8, 4) is 0 Å². The van der Waals surface area contributed by atoms with Crippen LogP contribution in [-0.2, 0) is 16.3 Å². The van der Waals surface area contributed by atoms with Gasteiger partial charge in [0.25, 0.3) is 16.0 Å². The van der Waals surface area contributed by atoms with E-state index in [0.29, 0.717) is 61.6 Å². The molecule has 0 spiro atoms. The number of hydrogen-bond acceptors (Lipinski definition) is 6. The average Bonchev–Trinajstić information content (AvgIpc) is 2.84. The number of hydrogen-bond donors (Lipinski definition) is 3. The van der Waals surface area contributed by atoms with E-state index in [4.69, 9.17) is 27.8 Å². The number of H-pyrrole nitrogens is 1. The first-order chi connectivity index (χ1) is 18.6. The van der Waals surface area contributed by atoms with Gasteiger partial charge >= 0.3 is 6.18 Å². The molecule has 2 aromatic carbocycles. The highest BCUT2D eigenvalue weighted by atomic mass is 35.5. The zero-order valence-electron chi connectivity index (χ0n) is 21.3. The van der Waals surface area contributed by atoms with Crippen molar-refractivity contribution in [2.45, 2.75) is 12.6 Å². The number of nitrogens with one attached hydrogen (secondary N) is 2. The van der Waals surface area contributed by atoms with Crippen LogP contribution in [0.15, 0.2) is 47.3 Å². The number of benzene rings is 2. The standard InChI is InChI=1S/C24H23Cl2F3N4O2.CH4O3S/c25-16-12-18(26)22-19(13-16)31-20(14-21(22)34)23(35)30-5-2-6-32-7-9-33(10-8-32)17-4-1-3-15(11-17)24(27,28)29;1-5(2,3)4/h1,3-4,11-14H,2,5-10H2,(H,30,35)(H,31,34);1H3,(H,2,3,4). The van der Waals surface area contributed by atoms with E-state index in [-0.39, 0.29) is 21.5 Å². The van der Waals surface area contributed by atoms with Gasteiger partial charge in [0.05, 0.1) is 27.7 Å². The number of aromatic amines is 1. The summed E-state index contributed by atoms with van der Waals surface area (Å²) in [5.41, 5.74) is 0.0596. The highest BCUT2D eigenvalue weighted by Crippen LogP contribution is 2.32. The molecule has 0 unspecified atom stereocenters. The van der Waals surface area contributed by atoms with Gasteiger partial charge in [0.15, 0.2) is 5.43 Å². The number of rotatable bonds is 6. The van der Waals surface area contributed by atoms with Gasteiger partial charge in [-0.1, -0.05) is 29.3 Å². The number of carbonyl (C=O) groups is 1. The zero-order valence-corrected chi connectivity index (χ0v) is 23.6. The summed E-state index contributed by atoms with van der Waals surface area (Å²) in [4.78, 5) is 31.9. The van der Waals surface area contributed by atoms with E-state index >= 15 is 0 Å². The number of alkyl halides is 3. The van der Waals surface area contributed by atoms with E-state index in [1.54, 1.807) is 12.1 Å². The molecule has 1 amide bonds. The van der Waals surface area contributed by atoms with Gasteiger partial charge < -0.3 is 15.2 Å². The quantitative estimate of drug-likeness (QED) is 0.277. The number of pyridine rings is 1. The molecule has 1 fully saturated rings. The van der Waals surface area contributed by atoms with Crippen LogP contribution in [0.3, 0.4) is 0 Å². The van der Waals surface area contributed by atoms with Gasteiger partial charge in [-0.3, -0.25) is 19.0 Å². The maximum atomic E-state index is 13.0. The Labute approximate surface area is 238 Å². The third kappa shape index (κ3) is 9.37. The molecule has 9 nitrogen and oxygen atoms in total. The Kier molecular flexibility index (Phi) is 10.5. The average molecular weight is 623 g/mol. The third-order valence-electron chi connectivity index (χ3n) is 5.94. The van der Waals surface area contributed by atoms with Crippen LogP contribution in [-0.4, -0.2) is 74.3 Å². The second-order valence-electron chi connectivity index (χ2n) is 9.08. The lowest BCUT2D eigenvalue weighted by atomic mass is 10.1. The van der Waals surface area contributed by atoms with Crippen molar-refractivity contribution < 1.29 is 30.9 Å². The van der Waals surface area contributed by atoms with E-state index in [0.717, 1.165) is 12.6 Å². The summed E-state index contributed by atoms with van der Waals surface area (Å²) in [6.45, 7) is 3.81. The number of nitrogens with zero attached hydrogens (tertiary/aromatic N) is 2. The fourth-order valence-corrected chi connectivity index (χ4v) is 4.72. The smallest absolute Gasteiger partial charge is 0.369 e. The van der Waals surface area contributed by atoms with Crippen LogP contribution >= 0.6 is 23.2 Å². The normalized spacial score (nSPS) is 14.5. The molecule has 3 N–H and O–H groups in total. The molecule has 0 aliphatic carbocycles. The fourth-order valence-electron chi connectivity index (χ4n) is 4.14. The van der Waals surface area contributed by atoms with Crippen molar-refractivity contribution in [2.75, 3.05) is 50.4 Å². The van der Waals surface area contributed by atoms with Gasteiger partial charge in [-0.25, -0.2) is 0 Å². The maximum Gasteiger partial charge on any atom is 0.416 e. The lowest BCUT2D eigenvalue weighted by Crippen LogP contribution is -2.47. The molecule has 0 atom stereocenters. The molecule has 1 aliphatic heterocycles. The van der Waals surface area contributed by atoms with Crippen LogP contribution in [0.4, 0.5) is 18.9 Å². The van der Waals surface area contributed by atoms with Gasteiger partial charge in [-0.05, 0) is 43.3 Å². The van der Waals surface area contributed by atoms with Crippen molar-refractivity contribution >= 4 is 55.8 Å². The van der Waals surface area contributed by atoms with Gasteiger partial charge in [-0.2, -0.15) is 21.6 Å². The minimum atomic E-state index is -4.36. The first-order valence-corrected chi connectivity index (χ1v) is 14.6. The Morgan fingerprint density at radius 1 is 1.10 bits per heavy atom. The molecule has 40 heavy (non-hydrogen) atoms. The molecule has 1 aliphatic rings. The van der Waals surface area contributed by atoms with Gasteiger partial charge in [0.2, 0.25) is 0 Å². The van der Waals surface area contributed by atoms with Gasteiger partial charge in [0.1, 0.15) is 5.69 Å².